The molecule has 4 N–H and O–H groups in total. The fourth-order valence-corrected chi connectivity index (χ4v) is 2.75. The van der Waals surface area contributed by atoms with Gasteiger partial charge < -0.3 is 15.5 Å². The van der Waals surface area contributed by atoms with E-state index in [1.807, 2.05) is 13.8 Å². The van der Waals surface area contributed by atoms with Crippen molar-refractivity contribution in [2.45, 2.75) is 33.7 Å². The van der Waals surface area contributed by atoms with E-state index >= 15 is 0 Å². The minimum absolute atomic E-state index is 0.0801. The summed E-state index contributed by atoms with van der Waals surface area (Å²) in [5.74, 6) is -0.985. The first-order valence-corrected chi connectivity index (χ1v) is 7.11. The first kappa shape index (κ1) is 16.5. The van der Waals surface area contributed by atoms with E-state index in [2.05, 4.69) is 10.6 Å². The summed E-state index contributed by atoms with van der Waals surface area (Å²) in [4.78, 5) is 23.9. The average molecular weight is 300 g/mol. The predicted octanol–water partition coefficient (Wildman–Crippen LogP) is 2.20. The third-order valence-electron chi connectivity index (χ3n) is 3.14. The number of anilines is 1. The molecule has 6 nitrogen and oxygen atoms in total. The van der Waals surface area contributed by atoms with Crippen molar-refractivity contribution in [1.29, 1.82) is 0 Å². The van der Waals surface area contributed by atoms with Crippen molar-refractivity contribution in [2.24, 2.45) is 5.92 Å². The normalized spacial score (nSPS) is 12.3. The van der Waals surface area contributed by atoms with E-state index in [4.69, 9.17) is 5.11 Å². The molecule has 0 aliphatic carbocycles. The van der Waals surface area contributed by atoms with Gasteiger partial charge in [-0.25, -0.2) is 9.59 Å². The van der Waals surface area contributed by atoms with Crippen LogP contribution in [0.2, 0.25) is 0 Å². The van der Waals surface area contributed by atoms with Gasteiger partial charge >= 0.3 is 12.0 Å². The highest BCUT2D eigenvalue weighted by Crippen LogP contribution is 2.32. The molecule has 0 unspecified atom stereocenters. The number of carboxylic acid groups (broad SMARTS) is 1. The summed E-state index contributed by atoms with van der Waals surface area (Å²) in [6.45, 7) is 7.11. The van der Waals surface area contributed by atoms with Crippen LogP contribution in [-0.4, -0.2) is 34.9 Å². The largest absolute Gasteiger partial charge is 0.478 e. The van der Waals surface area contributed by atoms with E-state index in [9.17, 15) is 14.7 Å². The zero-order chi connectivity index (χ0) is 15.4. The van der Waals surface area contributed by atoms with Crippen molar-refractivity contribution in [2.75, 3.05) is 11.9 Å². The SMILES string of the molecule is Cc1sc(NC(=O)N[C@H](CO)C(C)C)c(C(=O)O)c1C. The zero-order valence-electron chi connectivity index (χ0n) is 12.0. The average Bonchev–Trinajstić information content (AvgIpc) is 2.61. The molecule has 0 radical (unpaired) electrons. The van der Waals surface area contributed by atoms with Gasteiger partial charge in [0.25, 0.3) is 0 Å². The second-order valence-electron chi connectivity index (χ2n) is 4.92. The molecule has 1 atom stereocenters. The lowest BCUT2D eigenvalue weighted by atomic mass is 10.1. The lowest BCUT2D eigenvalue weighted by Gasteiger charge is -2.19. The van der Waals surface area contributed by atoms with E-state index in [-0.39, 0.29) is 24.1 Å². The smallest absolute Gasteiger partial charge is 0.338 e. The molecule has 0 aliphatic rings. The maximum atomic E-state index is 11.9. The summed E-state index contributed by atoms with van der Waals surface area (Å²) in [7, 11) is 0. The van der Waals surface area contributed by atoms with Crippen LogP contribution >= 0.6 is 11.3 Å². The number of urea groups is 1. The summed E-state index contributed by atoms with van der Waals surface area (Å²) in [6.07, 6.45) is 0. The van der Waals surface area contributed by atoms with E-state index in [1.165, 1.54) is 11.3 Å². The van der Waals surface area contributed by atoms with Gasteiger partial charge in [-0.05, 0) is 25.3 Å². The number of rotatable bonds is 5. The highest BCUT2D eigenvalue weighted by Gasteiger charge is 2.21. The first-order valence-electron chi connectivity index (χ1n) is 6.29. The Kier molecular flexibility index (Phi) is 5.52. The molecular weight excluding hydrogens is 280 g/mol. The van der Waals surface area contributed by atoms with Crippen molar-refractivity contribution in [3.63, 3.8) is 0 Å². The van der Waals surface area contributed by atoms with Crippen molar-refractivity contribution in [3.8, 4) is 0 Å². The maximum Gasteiger partial charge on any atom is 0.338 e. The third-order valence-corrected chi connectivity index (χ3v) is 4.27. The van der Waals surface area contributed by atoms with Crippen molar-refractivity contribution >= 4 is 28.3 Å². The van der Waals surface area contributed by atoms with Gasteiger partial charge in [-0.3, -0.25) is 5.32 Å². The Morgan fingerprint density at radius 1 is 1.30 bits per heavy atom. The molecule has 1 rings (SSSR count). The maximum absolute atomic E-state index is 11.9. The monoisotopic (exact) mass is 300 g/mol. The lowest BCUT2D eigenvalue weighted by molar-refractivity contribution is 0.0697. The Bertz CT molecular complexity index is 511. The fourth-order valence-electron chi connectivity index (χ4n) is 1.70. The Balaban J connectivity index is 2.86. The van der Waals surface area contributed by atoms with Crippen LogP contribution in [0.15, 0.2) is 0 Å². The third kappa shape index (κ3) is 3.71. The number of aliphatic hydroxyl groups is 1. The number of hydrogen-bond donors (Lipinski definition) is 4. The summed E-state index contributed by atoms with van der Waals surface area (Å²) >= 11 is 1.23. The van der Waals surface area contributed by atoms with Crippen molar-refractivity contribution in [3.05, 3.63) is 16.0 Å². The fraction of sp³-hybridized carbons (Fsp3) is 0.538. The van der Waals surface area contributed by atoms with Gasteiger partial charge in [0.05, 0.1) is 18.2 Å². The number of carboxylic acids is 1. The molecule has 112 valence electrons. The minimum atomic E-state index is -1.07. The molecule has 0 saturated heterocycles. The van der Waals surface area contributed by atoms with Crippen LogP contribution in [0.1, 0.15) is 34.6 Å². The molecule has 20 heavy (non-hydrogen) atoms. The van der Waals surface area contributed by atoms with Crippen LogP contribution in [0.4, 0.5) is 9.80 Å². The molecule has 0 aliphatic heterocycles. The van der Waals surface area contributed by atoms with Crippen LogP contribution in [0.5, 0.6) is 0 Å². The summed E-state index contributed by atoms with van der Waals surface area (Å²) in [5, 5.41) is 23.8. The van der Waals surface area contributed by atoms with Gasteiger partial charge in [-0.1, -0.05) is 13.8 Å². The summed E-state index contributed by atoms with van der Waals surface area (Å²) in [5.41, 5.74) is 0.771. The Hall–Kier alpha value is -1.60. The number of carbonyl (C=O) groups excluding carboxylic acids is 1. The number of amides is 2. The number of aliphatic hydroxyl groups excluding tert-OH is 1. The topological polar surface area (TPSA) is 98.7 Å². The Labute approximate surface area is 121 Å². The van der Waals surface area contributed by atoms with Crippen LogP contribution in [-0.2, 0) is 0 Å². The second kappa shape index (κ2) is 6.71. The number of carbonyl (C=O) groups is 2. The number of thiophene rings is 1. The molecule has 1 heterocycles. The molecule has 1 aromatic rings. The second-order valence-corrected chi connectivity index (χ2v) is 6.15. The molecule has 0 saturated carbocycles. The van der Waals surface area contributed by atoms with E-state index < -0.39 is 12.0 Å². The van der Waals surface area contributed by atoms with Crippen LogP contribution in [0.25, 0.3) is 0 Å². The first-order chi connectivity index (χ1) is 9.27. The molecule has 1 aromatic heterocycles. The number of hydrogen-bond acceptors (Lipinski definition) is 4. The quantitative estimate of drug-likeness (QED) is 0.670. The number of aromatic carboxylic acids is 1. The van der Waals surface area contributed by atoms with Crippen molar-refractivity contribution in [1.82, 2.24) is 5.32 Å². The molecule has 0 fully saturated rings. The van der Waals surface area contributed by atoms with Gasteiger partial charge in [-0.15, -0.1) is 11.3 Å². The summed E-state index contributed by atoms with van der Waals surface area (Å²) < 4.78 is 0. The lowest BCUT2D eigenvalue weighted by Crippen LogP contribution is -2.43. The van der Waals surface area contributed by atoms with Gasteiger partial charge in [-0.2, -0.15) is 0 Å². The van der Waals surface area contributed by atoms with Crippen LogP contribution < -0.4 is 10.6 Å². The Morgan fingerprint density at radius 3 is 2.35 bits per heavy atom. The minimum Gasteiger partial charge on any atom is -0.478 e. The van der Waals surface area contributed by atoms with E-state index in [0.717, 1.165) is 4.88 Å². The number of nitrogens with one attached hydrogen (secondary N) is 2. The standard InChI is InChI=1S/C13H20N2O4S/c1-6(2)9(5-16)14-13(19)15-11-10(12(17)18)7(3)8(4)20-11/h6,9,16H,5H2,1-4H3,(H,17,18)(H2,14,15,19)/t9-/m1/s1. The summed E-state index contributed by atoms with van der Waals surface area (Å²) in [6, 6.07) is -0.882. The molecule has 0 aromatic carbocycles. The Morgan fingerprint density at radius 2 is 1.90 bits per heavy atom. The zero-order valence-corrected chi connectivity index (χ0v) is 12.8. The predicted molar refractivity (Wildman–Crippen MR) is 78.6 cm³/mol. The highest BCUT2D eigenvalue weighted by molar-refractivity contribution is 7.16. The molecule has 0 bridgehead atoms. The highest BCUT2D eigenvalue weighted by atomic mass is 32.1. The van der Waals surface area contributed by atoms with Crippen LogP contribution in [0, 0.1) is 19.8 Å². The van der Waals surface area contributed by atoms with Crippen LogP contribution in [0.3, 0.4) is 0 Å². The van der Waals surface area contributed by atoms with E-state index in [0.29, 0.717) is 10.6 Å². The molecule has 2 amide bonds. The van der Waals surface area contributed by atoms with Gasteiger partial charge in [0, 0.05) is 4.88 Å². The molecule has 7 heteroatoms. The van der Waals surface area contributed by atoms with Gasteiger partial charge in [0.2, 0.25) is 0 Å². The van der Waals surface area contributed by atoms with E-state index in [1.54, 1.807) is 13.8 Å². The van der Waals surface area contributed by atoms with Gasteiger partial charge in [0.1, 0.15) is 5.00 Å². The number of aryl methyl sites for hydroxylation is 1. The molecule has 0 spiro atoms. The van der Waals surface area contributed by atoms with Crippen molar-refractivity contribution < 1.29 is 19.8 Å². The molecular formula is C13H20N2O4S. The van der Waals surface area contributed by atoms with Gasteiger partial charge in [0.15, 0.2) is 0 Å².